The summed E-state index contributed by atoms with van der Waals surface area (Å²) in [6.45, 7) is 4.07. The van der Waals surface area contributed by atoms with Crippen molar-refractivity contribution in [3.63, 3.8) is 0 Å². The fourth-order valence-corrected chi connectivity index (χ4v) is 3.86. The summed E-state index contributed by atoms with van der Waals surface area (Å²) in [7, 11) is 0. The van der Waals surface area contributed by atoms with Crippen molar-refractivity contribution < 1.29 is 4.79 Å². The highest BCUT2D eigenvalue weighted by atomic mass is 32.2. The fraction of sp³-hybridized carbons (Fsp3) is 0.389. The van der Waals surface area contributed by atoms with Gasteiger partial charge in [0.2, 0.25) is 5.91 Å². The highest BCUT2D eigenvalue weighted by molar-refractivity contribution is 8.03. The Labute approximate surface area is 158 Å². The molecule has 7 nitrogen and oxygen atoms in total. The van der Waals surface area contributed by atoms with E-state index in [4.69, 9.17) is 16.7 Å². The average molecular weight is 372 g/mol. The normalized spacial score (nSPS) is 17.4. The van der Waals surface area contributed by atoms with E-state index in [2.05, 4.69) is 24.2 Å². The summed E-state index contributed by atoms with van der Waals surface area (Å²) < 4.78 is 0. The molecule has 1 aliphatic rings. The smallest absolute Gasteiger partial charge is 0.243 e. The minimum absolute atomic E-state index is 0.0315. The lowest BCUT2D eigenvalue weighted by Gasteiger charge is -2.35. The van der Waals surface area contributed by atoms with Crippen molar-refractivity contribution in [1.29, 1.82) is 5.26 Å². The van der Waals surface area contributed by atoms with Crippen LogP contribution in [0.15, 0.2) is 40.7 Å². The summed E-state index contributed by atoms with van der Waals surface area (Å²) in [5.74, 6) is 0.0339. The van der Waals surface area contributed by atoms with Crippen LogP contribution in [0.25, 0.3) is 5.70 Å². The third-order valence-corrected chi connectivity index (χ3v) is 4.76. The molecule has 2 rings (SSSR count). The molecule has 1 amide bonds. The Morgan fingerprint density at radius 1 is 1.38 bits per heavy atom. The number of nitrogens with zero attached hydrogens (tertiary/aromatic N) is 3. The van der Waals surface area contributed by atoms with Crippen LogP contribution in [0.1, 0.15) is 25.8 Å². The molecule has 0 saturated carbocycles. The molecular formula is C18H24N6OS. The van der Waals surface area contributed by atoms with Crippen LogP contribution in [-0.4, -0.2) is 34.9 Å². The summed E-state index contributed by atoms with van der Waals surface area (Å²) in [4.78, 5) is 19.0. The van der Waals surface area contributed by atoms with Crippen molar-refractivity contribution in [2.75, 3.05) is 6.54 Å². The molecule has 2 unspecified atom stereocenters. The van der Waals surface area contributed by atoms with E-state index >= 15 is 0 Å². The molecule has 1 aliphatic heterocycles. The summed E-state index contributed by atoms with van der Waals surface area (Å²) >= 11 is 1.45. The number of carbonyl (C=O) groups is 1. The number of benzene rings is 1. The van der Waals surface area contributed by atoms with E-state index in [9.17, 15) is 4.79 Å². The third-order valence-electron chi connectivity index (χ3n) is 3.82. The Morgan fingerprint density at radius 3 is 2.65 bits per heavy atom. The Bertz CT molecular complexity index is 721. The van der Waals surface area contributed by atoms with E-state index < -0.39 is 11.5 Å². The molecule has 0 bridgehead atoms. The van der Waals surface area contributed by atoms with Gasteiger partial charge in [-0.2, -0.15) is 5.26 Å². The summed E-state index contributed by atoms with van der Waals surface area (Å²) in [6.07, 6.45) is 0.610. The first kappa shape index (κ1) is 19.7. The van der Waals surface area contributed by atoms with Gasteiger partial charge in [0.15, 0.2) is 11.5 Å². The van der Waals surface area contributed by atoms with Crippen molar-refractivity contribution >= 4 is 29.3 Å². The monoisotopic (exact) mass is 372 g/mol. The third kappa shape index (κ3) is 4.92. The molecule has 138 valence electrons. The molecule has 8 heteroatoms. The second kappa shape index (κ2) is 9.15. The lowest BCUT2D eigenvalue weighted by Crippen LogP contribution is -2.49. The summed E-state index contributed by atoms with van der Waals surface area (Å²) in [5.41, 5.74) is 12.6. The maximum atomic E-state index is 12.8. The fourth-order valence-electron chi connectivity index (χ4n) is 2.78. The first-order chi connectivity index (χ1) is 12.4. The molecule has 1 aromatic rings. The predicted molar refractivity (Wildman–Crippen MR) is 105 cm³/mol. The van der Waals surface area contributed by atoms with Crippen LogP contribution in [0, 0.1) is 17.2 Å². The lowest BCUT2D eigenvalue weighted by molar-refractivity contribution is -0.125. The van der Waals surface area contributed by atoms with Gasteiger partial charge >= 0.3 is 0 Å². The molecule has 0 saturated heterocycles. The van der Waals surface area contributed by atoms with E-state index in [0.29, 0.717) is 6.42 Å². The number of thioether (sulfide) groups is 1. The Hall–Kier alpha value is -2.66. The van der Waals surface area contributed by atoms with Gasteiger partial charge in [-0.05, 0) is 23.3 Å². The number of carbonyl (C=O) groups excluding carboxylic acids is 1. The van der Waals surface area contributed by atoms with Crippen molar-refractivity contribution in [2.45, 2.75) is 31.8 Å². The van der Waals surface area contributed by atoms with E-state index in [1.807, 2.05) is 46.7 Å². The van der Waals surface area contributed by atoms with Gasteiger partial charge in [0, 0.05) is 0 Å². The van der Waals surface area contributed by atoms with E-state index in [-0.39, 0.29) is 24.3 Å². The van der Waals surface area contributed by atoms with E-state index in [0.717, 1.165) is 11.3 Å². The minimum Gasteiger partial charge on any atom is -0.370 e. The number of amides is 1. The zero-order valence-corrected chi connectivity index (χ0v) is 15.7. The molecule has 0 spiro atoms. The van der Waals surface area contributed by atoms with Crippen LogP contribution >= 0.6 is 11.8 Å². The second-order valence-corrected chi connectivity index (χ2v) is 7.24. The van der Waals surface area contributed by atoms with Gasteiger partial charge in [0.25, 0.3) is 0 Å². The maximum Gasteiger partial charge on any atom is 0.243 e. The lowest BCUT2D eigenvalue weighted by atomic mass is 10.00. The van der Waals surface area contributed by atoms with Gasteiger partial charge in [-0.1, -0.05) is 55.9 Å². The predicted octanol–water partition coefficient (Wildman–Crippen LogP) is 1.65. The molecule has 0 fully saturated rings. The van der Waals surface area contributed by atoms with Crippen molar-refractivity contribution in [3.05, 3.63) is 41.3 Å². The Balaban J connectivity index is 2.42. The number of nitrogens with two attached hydrogens (primary N) is 2. The van der Waals surface area contributed by atoms with Crippen LogP contribution in [0.3, 0.4) is 0 Å². The van der Waals surface area contributed by atoms with Gasteiger partial charge in [-0.3, -0.25) is 4.79 Å². The van der Waals surface area contributed by atoms with Gasteiger partial charge in [0.05, 0.1) is 11.8 Å². The van der Waals surface area contributed by atoms with Crippen LogP contribution in [-0.2, 0) is 4.79 Å². The summed E-state index contributed by atoms with van der Waals surface area (Å²) in [5, 5.41) is 13.4. The highest BCUT2D eigenvalue weighted by Crippen LogP contribution is 2.40. The molecule has 26 heavy (non-hydrogen) atoms. The van der Waals surface area contributed by atoms with Crippen molar-refractivity contribution in [1.82, 2.24) is 10.2 Å². The molecular weight excluding hydrogens is 348 g/mol. The van der Waals surface area contributed by atoms with Crippen LogP contribution in [0.5, 0.6) is 0 Å². The van der Waals surface area contributed by atoms with Gasteiger partial charge in [-0.15, -0.1) is 0 Å². The van der Waals surface area contributed by atoms with Crippen LogP contribution in [0.2, 0.25) is 0 Å². The number of rotatable bonds is 7. The topological polar surface area (TPSA) is 121 Å². The molecule has 2 atom stereocenters. The van der Waals surface area contributed by atoms with E-state index in [1.54, 1.807) is 0 Å². The number of hydrogen-bond donors (Lipinski definition) is 3. The first-order valence-electron chi connectivity index (χ1n) is 8.36. The van der Waals surface area contributed by atoms with Crippen LogP contribution in [0.4, 0.5) is 0 Å². The molecule has 0 aliphatic carbocycles. The Morgan fingerprint density at radius 2 is 2.08 bits per heavy atom. The SMILES string of the molecule is CC(C)CC(C(=O)NCC#N)N1C(c2ccccc2)=CSC1N=C(N)N. The zero-order chi connectivity index (χ0) is 19.1. The van der Waals surface area contributed by atoms with E-state index in [1.165, 1.54) is 11.8 Å². The largest absolute Gasteiger partial charge is 0.370 e. The molecule has 1 aromatic carbocycles. The summed E-state index contributed by atoms with van der Waals surface area (Å²) in [6, 6.07) is 11.3. The van der Waals surface area contributed by atoms with Crippen molar-refractivity contribution in [2.24, 2.45) is 22.4 Å². The number of nitrogens with one attached hydrogen (secondary N) is 1. The van der Waals surface area contributed by atoms with Gasteiger partial charge < -0.3 is 21.7 Å². The Kier molecular flexibility index (Phi) is 6.92. The average Bonchev–Trinajstić information content (AvgIpc) is 3.00. The molecule has 1 heterocycles. The van der Waals surface area contributed by atoms with Gasteiger partial charge in [-0.25, -0.2) is 4.99 Å². The standard InChI is InChI=1S/C18H24N6OS/c1-12(2)10-14(16(25)22-9-8-19)24-15(13-6-4-3-5-7-13)11-26-18(24)23-17(20)21/h3-7,11-12,14,18H,9-10H2,1-2H3,(H,22,25)(H4,20,21,23). The quantitative estimate of drug-likeness (QED) is 0.380. The number of hydrogen-bond acceptors (Lipinski definition) is 5. The van der Waals surface area contributed by atoms with Crippen LogP contribution < -0.4 is 16.8 Å². The highest BCUT2D eigenvalue weighted by Gasteiger charge is 2.37. The van der Waals surface area contributed by atoms with Gasteiger partial charge in [0.1, 0.15) is 12.6 Å². The molecule has 0 radical (unpaired) electrons. The number of aliphatic imine (C=N–C) groups is 1. The molecule has 0 aromatic heterocycles. The zero-order valence-electron chi connectivity index (χ0n) is 14.9. The van der Waals surface area contributed by atoms with Crippen molar-refractivity contribution in [3.8, 4) is 6.07 Å². The number of guanidine groups is 1. The first-order valence-corrected chi connectivity index (χ1v) is 9.31. The molecule has 5 N–H and O–H groups in total. The maximum absolute atomic E-state index is 12.8. The number of nitriles is 1. The minimum atomic E-state index is -0.488. The second-order valence-electron chi connectivity index (χ2n) is 6.31.